The number of Topliss-reactive ketones (excluding diaryl/α,β-unsaturated/α-hetero) is 1. The molecule has 2 rings (SSSR count). The lowest BCUT2D eigenvalue weighted by atomic mass is 10.0. The van der Waals surface area contributed by atoms with Gasteiger partial charge in [0.2, 0.25) is 0 Å². The average Bonchev–Trinajstić information content (AvgIpc) is 2.55. The summed E-state index contributed by atoms with van der Waals surface area (Å²) in [5.74, 6) is 1.06. The summed E-state index contributed by atoms with van der Waals surface area (Å²) in [7, 11) is 3.13. The first-order chi connectivity index (χ1) is 10.2. The zero-order valence-corrected chi connectivity index (χ0v) is 11.6. The van der Waals surface area contributed by atoms with Gasteiger partial charge in [0.1, 0.15) is 11.5 Å². The van der Waals surface area contributed by atoms with Crippen LogP contribution >= 0.6 is 0 Å². The molecule has 3 heteroatoms. The predicted octanol–water partition coefficient (Wildman–Crippen LogP) is 3.52. The Labute approximate surface area is 120 Å². The molecule has 0 aliphatic heterocycles. The first-order valence-corrected chi connectivity index (χ1v) is 6.38. The molecule has 0 saturated carbocycles. The van der Waals surface area contributed by atoms with Crippen LogP contribution in [0.2, 0.25) is 0 Å². The summed E-state index contributed by atoms with van der Waals surface area (Å²) < 4.78 is 18.7. The largest absolute Gasteiger partial charge is 0.496 e. The van der Waals surface area contributed by atoms with Crippen LogP contribution < -0.4 is 9.47 Å². The molecule has 0 heterocycles. The third kappa shape index (κ3) is 3.18. The van der Waals surface area contributed by atoms with Crippen molar-refractivity contribution < 1.29 is 15.6 Å². The zero-order valence-electron chi connectivity index (χ0n) is 12.6. The average molecular weight is 271 g/mol. The van der Waals surface area contributed by atoms with Crippen LogP contribution in [0.1, 0.15) is 23.7 Å². The van der Waals surface area contributed by atoms with Crippen LogP contribution in [0.15, 0.2) is 48.5 Å². The fourth-order valence-corrected chi connectivity index (χ4v) is 2.04. The summed E-state index contributed by atoms with van der Waals surface area (Å²) in [5.41, 5.74) is 1.29. The Morgan fingerprint density at radius 3 is 2.15 bits per heavy atom. The van der Waals surface area contributed by atoms with E-state index in [9.17, 15) is 4.79 Å². The second-order valence-electron chi connectivity index (χ2n) is 4.28. The third-order valence-electron chi connectivity index (χ3n) is 3.08. The number of benzene rings is 2. The van der Waals surface area contributed by atoms with Crippen LogP contribution in [0.3, 0.4) is 0 Å². The van der Waals surface area contributed by atoms with Crippen molar-refractivity contribution in [1.29, 1.82) is 0 Å². The lowest BCUT2D eigenvalue weighted by Crippen LogP contribution is -2.03. The van der Waals surface area contributed by atoms with E-state index in [2.05, 4.69) is 0 Å². The van der Waals surface area contributed by atoms with E-state index in [1.54, 1.807) is 50.6 Å². The van der Waals surface area contributed by atoms with Gasteiger partial charge in [-0.25, -0.2) is 0 Å². The maximum absolute atomic E-state index is 12.3. The van der Waals surface area contributed by atoms with E-state index >= 15 is 0 Å². The monoisotopic (exact) mass is 271 g/mol. The summed E-state index contributed by atoms with van der Waals surface area (Å²) in [6.07, 6.45) is -0.640. The molecule has 3 nitrogen and oxygen atoms in total. The van der Waals surface area contributed by atoms with Gasteiger partial charge in [0.25, 0.3) is 0 Å². The van der Waals surface area contributed by atoms with Crippen LogP contribution in [-0.2, 0) is 6.42 Å². The highest BCUT2D eigenvalue weighted by atomic mass is 16.5. The minimum atomic E-state index is -0.891. The van der Waals surface area contributed by atoms with E-state index < -0.39 is 6.40 Å². The third-order valence-corrected chi connectivity index (χ3v) is 3.08. The van der Waals surface area contributed by atoms with Gasteiger partial charge in [-0.3, -0.25) is 4.79 Å². The highest BCUT2D eigenvalue weighted by Gasteiger charge is 2.12. The van der Waals surface area contributed by atoms with Gasteiger partial charge >= 0.3 is 0 Å². The number of hydrogen-bond acceptors (Lipinski definition) is 3. The molecule has 0 fully saturated rings. The Morgan fingerprint density at radius 1 is 1.00 bits per heavy atom. The maximum atomic E-state index is 12.3. The highest BCUT2D eigenvalue weighted by molar-refractivity contribution is 5.96. The summed E-state index contributed by atoms with van der Waals surface area (Å²) in [6, 6.07) is 14.3. The predicted molar refractivity (Wildman–Crippen MR) is 78.6 cm³/mol. The maximum Gasteiger partial charge on any atom is 0.163 e. The van der Waals surface area contributed by atoms with Gasteiger partial charge in [-0.1, -0.05) is 36.4 Å². The molecular formula is C17H18O3. The van der Waals surface area contributed by atoms with E-state index in [0.717, 1.165) is 5.56 Å². The number of carbonyl (C=O) groups excluding carboxylic acids is 1. The van der Waals surface area contributed by atoms with Crippen LogP contribution in [0.25, 0.3) is 0 Å². The molecular weight excluding hydrogens is 252 g/mol. The topological polar surface area (TPSA) is 35.5 Å². The summed E-state index contributed by atoms with van der Waals surface area (Å²) >= 11 is 0. The van der Waals surface area contributed by atoms with Crippen LogP contribution in [0, 0.1) is 0 Å². The fourth-order valence-electron chi connectivity index (χ4n) is 2.04. The molecule has 0 aromatic heterocycles. The number of rotatable bonds is 6. The van der Waals surface area contributed by atoms with Crippen LogP contribution in [0.5, 0.6) is 11.5 Å². The minimum absolute atomic E-state index is 0.205. The van der Waals surface area contributed by atoms with Gasteiger partial charge in [0.15, 0.2) is 5.78 Å². The lowest BCUT2D eigenvalue weighted by molar-refractivity contribution is 0.0982. The second-order valence-corrected chi connectivity index (χ2v) is 4.28. The Hall–Kier alpha value is -2.29. The van der Waals surface area contributed by atoms with Gasteiger partial charge in [-0.2, -0.15) is 0 Å². The van der Waals surface area contributed by atoms with E-state index in [0.29, 0.717) is 17.1 Å². The molecule has 0 N–H and O–H groups in total. The fraction of sp³-hybridized carbons (Fsp3) is 0.235. The van der Waals surface area contributed by atoms with E-state index in [-0.39, 0.29) is 12.2 Å². The first-order valence-electron chi connectivity index (χ1n) is 6.96. The number of ketones is 1. The highest BCUT2D eigenvalue weighted by Crippen LogP contribution is 2.29. The Balaban J connectivity index is 2.23. The standard InChI is InChI=1S/C17H18O3/c1-19-16-9-6-10-17(20-2)14(16)11-12-15(18)13-7-4-3-5-8-13/h3-10H,11-12H2,1-2H3/i12D. The van der Waals surface area contributed by atoms with Gasteiger partial charge in [-0.05, 0) is 18.6 Å². The molecule has 1 unspecified atom stereocenters. The van der Waals surface area contributed by atoms with E-state index in [1.807, 2.05) is 12.1 Å². The van der Waals surface area contributed by atoms with Gasteiger partial charge < -0.3 is 9.47 Å². The molecule has 0 aliphatic rings. The number of ether oxygens (including phenoxy) is 2. The van der Waals surface area contributed by atoms with Crippen molar-refractivity contribution in [2.75, 3.05) is 14.2 Å². The minimum Gasteiger partial charge on any atom is -0.496 e. The Kier molecular flexibility index (Phi) is 4.30. The van der Waals surface area contributed by atoms with Gasteiger partial charge in [0, 0.05) is 18.9 Å². The van der Waals surface area contributed by atoms with Crippen molar-refractivity contribution in [2.45, 2.75) is 12.8 Å². The Bertz CT molecular complexity index is 588. The molecule has 0 aliphatic carbocycles. The van der Waals surface area contributed by atoms with Crippen LogP contribution in [0.4, 0.5) is 0 Å². The Morgan fingerprint density at radius 2 is 1.60 bits per heavy atom. The van der Waals surface area contributed by atoms with Crippen molar-refractivity contribution in [2.24, 2.45) is 0 Å². The summed E-state index contributed by atoms with van der Waals surface area (Å²) in [5, 5.41) is 0. The quantitative estimate of drug-likeness (QED) is 0.754. The van der Waals surface area contributed by atoms with Crippen molar-refractivity contribution in [1.82, 2.24) is 0 Å². The molecule has 1 atom stereocenters. The van der Waals surface area contributed by atoms with Crippen molar-refractivity contribution >= 4 is 5.78 Å². The SMILES string of the molecule is [2H]C(Cc1c(OC)cccc1OC)C(=O)c1ccccc1. The molecule has 0 amide bonds. The summed E-state index contributed by atoms with van der Waals surface area (Å²) in [4.78, 5) is 12.3. The molecule has 0 radical (unpaired) electrons. The van der Waals surface area contributed by atoms with Gasteiger partial charge in [-0.15, -0.1) is 0 Å². The molecule has 2 aromatic rings. The molecule has 20 heavy (non-hydrogen) atoms. The second kappa shape index (κ2) is 6.75. The molecule has 0 saturated heterocycles. The van der Waals surface area contributed by atoms with Crippen LogP contribution in [-0.4, -0.2) is 20.0 Å². The van der Waals surface area contributed by atoms with Crippen molar-refractivity contribution in [3.05, 3.63) is 59.7 Å². The summed E-state index contributed by atoms with van der Waals surface area (Å²) in [6.45, 7) is 0. The number of hydrogen-bond donors (Lipinski definition) is 0. The van der Waals surface area contributed by atoms with Gasteiger partial charge in [0.05, 0.1) is 14.2 Å². The van der Waals surface area contributed by atoms with Crippen molar-refractivity contribution in [3.8, 4) is 11.5 Å². The number of carbonyl (C=O) groups is 1. The van der Waals surface area contributed by atoms with Crippen molar-refractivity contribution in [3.63, 3.8) is 0 Å². The van der Waals surface area contributed by atoms with E-state index in [1.165, 1.54) is 0 Å². The van der Waals surface area contributed by atoms with E-state index in [4.69, 9.17) is 10.8 Å². The molecule has 0 spiro atoms. The lowest BCUT2D eigenvalue weighted by Gasteiger charge is -2.12. The molecule has 104 valence electrons. The molecule has 0 bridgehead atoms. The zero-order chi connectivity index (χ0) is 15.2. The number of methoxy groups -OCH3 is 2. The normalized spacial score (nSPS) is 12.4. The first kappa shape index (κ1) is 12.7. The molecule has 2 aromatic carbocycles. The smallest absolute Gasteiger partial charge is 0.163 e.